The fraction of sp³-hybridized carbons (Fsp3) is 0.0625. The third-order valence-electron chi connectivity index (χ3n) is 3.04. The van der Waals surface area contributed by atoms with E-state index in [9.17, 15) is 9.18 Å². The largest absolute Gasteiger partial charge is 0.334 e. The normalized spacial score (nSPS) is 10.3. The van der Waals surface area contributed by atoms with Crippen molar-refractivity contribution in [3.05, 3.63) is 66.0 Å². The minimum Gasteiger partial charge on any atom is -0.334 e. The number of amides is 2. The Balaban J connectivity index is 1.56. The van der Waals surface area contributed by atoms with Crippen LogP contribution in [-0.4, -0.2) is 15.4 Å². The Morgan fingerprint density at radius 3 is 2.57 bits per heavy atom. The van der Waals surface area contributed by atoms with Crippen molar-refractivity contribution in [2.75, 3.05) is 5.32 Å². The summed E-state index contributed by atoms with van der Waals surface area (Å²) in [6.07, 6.45) is 0. The van der Waals surface area contributed by atoms with Gasteiger partial charge in [-0.2, -0.15) is 9.36 Å². The first-order valence-electron chi connectivity index (χ1n) is 6.89. The van der Waals surface area contributed by atoms with Gasteiger partial charge in [0.2, 0.25) is 5.13 Å². The maximum Gasteiger partial charge on any atom is 0.321 e. The van der Waals surface area contributed by atoms with Crippen LogP contribution in [0.3, 0.4) is 0 Å². The van der Waals surface area contributed by atoms with E-state index in [0.29, 0.717) is 17.5 Å². The molecule has 0 atom stereocenters. The monoisotopic (exact) mass is 328 g/mol. The van der Waals surface area contributed by atoms with Gasteiger partial charge in [0.1, 0.15) is 5.82 Å². The zero-order valence-corrected chi connectivity index (χ0v) is 12.8. The van der Waals surface area contributed by atoms with E-state index in [1.165, 1.54) is 12.1 Å². The lowest BCUT2D eigenvalue weighted by Crippen LogP contribution is -2.28. The lowest BCUT2D eigenvalue weighted by atomic mass is 10.2. The Labute approximate surface area is 136 Å². The minimum atomic E-state index is -0.384. The molecule has 0 fully saturated rings. The van der Waals surface area contributed by atoms with Crippen molar-refractivity contribution >= 4 is 22.7 Å². The second kappa shape index (κ2) is 6.97. The third kappa shape index (κ3) is 4.10. The quantitative estimate of drug-likeness (QED) is 0.768. The first-order chi connectivity index (χ1) is 11.2. The van der Waals surface area contributed by atoms with Crippen LogP contribution < -0.4 is 10.6 Å². The number of hydrogen-bond acceptors (Lipinski definition) is 4. The fourth-order valence-corrected chi connectivity index (χ4v) is 2.49. The van der Waals surface area contributed by atoms with Crippen molar-refractivity contribution in [3.8, 4) is 11.4 Å². The standard InChI is InChI=1S/C16H13FN4OS/c17-13-8-6-11(7-9-13)10-18-15(22)20-16-19-14(21-23-16)12-4-2-1-3-5-12/h1-9H,10H2,(H2,18,19,20,21,22). The number of benzene rings is 2. The minimum absolute atomic E-state index is 0.302. The zero-order chi connectivity index (χ0) is 16.1. The summed E-state index contributed by atoms with van der Waals surface area (Å²) in [6, 6.07) is 15.1. The van der Waals surface area contributed by atoms with E-state index in [1.807, 2.05) is 30.3 Å². The molecule has 0 radical (unpaired) electrons. The summed E-state index contributed by atoms with van der Waals surface area (Å²) in [7, 11) is 0. The average molecular weight is 328 g/mol. The van der Waals surface area contributed by atoms with Gasteiger partial charge < -0.3 is 5.32 Å². The molecule has 1 heterocycles. The van der Waals surface area contributed by atoms with Gasteiger partial charge in [-0.25, -0.2) is 9.18 Å². The highest BCUT2D eigenvalue weighted by molar-refractivity contribution is 7.10. The molecule has 0 spiro atoms. The number of carbonyl (C=O) groups excluding carboxylic acids is 1. The predicted octanol–water partition coefficient (Wildman–Crippen LogP) is 3.67. The van der Waals surface area contributed by atoms with Crippen LogP contribution in [0.25, 0.3) is 11.4 Å². The van der Waals surface area contributed by atoms with Crippen LogP contribution >= 0.6 is 11.5 Å². The molecule has 7 heteroatoms. The molecule has 0 saturated carbocycles. The third-order valence-corrected chi connectivity index (χ3v) is 3.68. The van der Waals surface area contributed by atoms with Crippen LogP contribution in [0.2, 0.25) is 0 Å². The molecule has 0 aliphatic heterocycles. The van der Waals surface area contributed by atoms with E-state index in [4.69, 9.17) is 0 Å². The Hall–Kier alpha value is -2.80. The molecule has 0 saturated heterocycles. The molecule has 3 rings (SSSR count). The van der Waals surface area contributed by atoms with Crippen LogP contribution in [0.15, 0.2) is 54.6 Å². The topological polar surface area (TPSA) is 66.9 Å². The van der Waals surface area contributed by atoms with Crippen LogP contribution in [0.1, 0.15) is 5.56 Å². The van der Waals surface area contributed by atoms with Crippen LogP contribution in [0, 0.1) is 5.82 Å². The molecule has 3 aromatic rings. The average Bonchev–Trinajstić information content (AvgIpc) is 3.04. The van der Waals surface area contributed by atoms with Gasteiger partial charge in [0, 0.05) is 23.6 Å². The Kier molecular flexibility index (Phi) is 4.58. The highest BCUT2D eigenvalue weighted by Gasteiger charge is 2.09. The number of anilines is 1. The molecular weight excluding hydrogens is 315 g/mol. The second-order valence-electron chi connectivity index (χ2n) is 4.72. The maximum atomic E-state index is 12.8. The van der Waals surface area contributed by atoms with E-state index < -0.39 is 0 Å². The summed E-state index contributed by atoms with van der Waals surface area (Å²) in [5, 5.41) is 5.73. The molecule has 23 heavy (non-hydrogen) atoms. The highest BCUT2D eigenvalue weighted by atomic mass is 32.1. The number of urea groups is 1. The first kappa shape index (κ1) is 15.1. The van der Waals surface area contributed by atoms with E-state index in [-0.39, 0.29) is 11.8 Å². The molecule has 1 aromatic heterocycles. The maximum absolute atomic E-state index is 12.8. The number of rotatable bonds is 4. The lowest BCUT2D eigenvalue weighted by molar-refractivity contribution is 0.251. The molecule has 0 unspecified atom stereocenters. The predicted molar refractivity (Wildman–Crippen MR) is 87.6 cm³/mol. The van der Waals surface area contributed by atoms with Gasteiger partial charge in [0.15, 0.2) is 5.82 Å². The van der Waals surface area contributed by atoms with Crippen molar-refractivity contribution in [1.82, 2.24) is 14.7 Å². The van der Waals surface area contributed by atoms with Gasteiger partial charge in [-0.05, 0) is 17.7 Å². The number of aromatic nitrogens is 2. The summed E-state index contributed by atoms with van der Waals surface area (Å²) >= 11 is 1.11. The molecule has 5 nitrogen and oxygen atoms in total. The Morgan fingerprint density at radius 2 is 1.83 bits per heavy atom. The summed E-state index contributed by atoms with van der Waals surface area (Å²) in [6.45, 7) is 0.302. The van der Waals surface area contributed by atoms with Crippen molar-refractivity contribution in [2.45, 2.75) is 6.54 Å². The Morgan fingerprint density at radius 1 is 1.09 bits per heavy atom. The van der Waals surface area contributed by atoms with Gasteiger partial charge in [-0.15, -0.1) is 0 Å². The molecule has 0 bridgehead atoms. The van der Waals surface area contributed by atoms with E-state index in [0.717, 1.165) is 22.7 Å². The van der Waals surface area contributed by atoms with Gasteiger partial charge in [0.25, 0.3) is 0 Å². The van der Waals surface area contributed by atoms with Crippen molar-refractivity contribution < 1.29 is 9.18 Å². The van der Waals surface area contributed by atoms with E-state index in [2.05, 4.69) is 20.0 Å². The fourth-order valence-electron chi connectivity index (χ4n) is 1.90. The van der Waals surface area contributed by atoms with E-state index >= 15 is 0 Å². The van der Waals surface area contributed by atoms with Gasteiger partial charge >= 0.3 is 6.03 Å². The molecule has 0 aliphatic rings. The summed E-state index contributed by atoms with van der Waals surface area (Å²) in [5.74, 6) is 0.268. The van der Waals surface area contributed by atoms with Gasteiger partial charge in [-0.3, -0.25) is 5.32 Å². The SMILES string of the molecule is O=C(NCc1ccc(F)cc1)Nc1nc(-c2ccccc2)ns1. The van der Waals surface area contributed by atoms with E-state index in [1.54, 1.807) is 12.1 Å². The van der Waals surface area contributed by atoms with Gasteiger partial charge in [0.05, 0.1) is 0 Å². The first-order valence-corrected chi connectivity index (χ1v) is 7.66. The molecule has 116 valence electrons. The van der Waals surface area contributed by atoms with Crippen LogP contribution in [0.5, 0.6) is 0 Å². The smallest absolute Gasteiger partial charge is 0.321 e. The highest BCUT2D eigenvalue weighted by Crippen LogP contribution is 2.20. The molecule has 2 N–H and O–H groups in total. The summed E-state index contributed by atoms with van der Waals surface area (Å²) < 4.78 is 17.0. The number of halogens is 1. The van der Waals surface area contributed by atoms with Crippen molar-refractivity contribution in [2.24, 2.45) is 0 Å². The summed E-state index contributed by atoms with van der Waals surface area (Å²) in [5.41, 5.74) is 1.70. The van der Waals surface area contributed by atoms with Crippen molar-refractivity contribution in [3.63, 3.8) is 0 Å². The number of nitrogens with zero attached hydrogens (tertiary/aromatic N) is 2. The molecule has 2 amide bonds. The second-order valence-corrected chi connectivity index (χ2v) is 5.48. The lowest BCUT2D eigenvalue weighted by Gasteiger charge is -2.05. The van der Waals surface area contributed by atoms with Crippen LogP contribution in [0.4, 0.5) is 14.3 Å². The number of nitrogens with one attached hydrogen (secondary N) is 2. The van der Waals surface area contributed by atoms with Gasteiger partial charge in [-0.1, -0.05) is 42.5 Å². The molecule has 2 aromatic carbocycles. The number of carbonyl (C=O) groups is 1. The Bertz CT molecular complexity index is 789. The number of hydrogen-bond donors (Lipinski definition) is 2. The van der Waals surface area contributed by atoms with Crippen molar-refractivity contribution in [1.29, 1.82) is 0 Å². The molecule has 0 aliphatic carbocycles. The summed E-state index contributed by atoms with van der Waals surface area (Å²) in [4.78, 5) is 16.1. The molecular formula is C16H13FN4OS. The zero-order valence-electron chi connectivity index (χ0n) is 12.0. The van der Waals surface area contributed by atoms with Crippen LogP contribution in [-0.2, 0) is 6.54 Å².